The van der Waals surface area contributed by atoms with Gasteiger partial charge in [-0.2, -0.15) is 0 Å². The minimum atomic E-state index is -0.276. The van der Waals surface area contributed by atoms with Crippen LogP contribution in [0, 0.1) is 11.7 Å². The van der Waals surface area contributed by atoms with Gasteiger partial charge >= 0.3 is 0 Å². The highest BCUT2D eigenvalue weighted by molar-refractivity contribution is 7.99. The van der Waals surface area contributed by atoms with Gasteiger partial charge in [-0.3, -0.25) is 9.59 Å². The topological polar surface area (TPSA) is 62.6 Å². The number of amides is 2. The van der Waals surface area contributed by atoms with Crippen LogP contribution in [0.5, 0.6) is 0 Å². The van der Waals surface area contributed by atoms with E-state index in [4.69, 9.17) is 4.42 Å². The molecule has 0 aliphatic carbocycles. The van der Waals surface area contributed by atoms with Crippen molar-refractivity contribution in [2.24, 2.45) is 5.92 Å². The third-order valence-electron chi connectivity index (χ3n) is 5.25. The Balaban J connectivity index is 1.36. The van der Waals surface area contributed by atoms with Gasteiger partial charge in [-0.1, -0.05) is 0 Å². The summed E-state index contributed by atoms with van der Waals surface area (Å²) >= 11 is 1.70. The summed E-state index contributed by atoms with van der Waals surface area (Å²) in [6, 6.07) is 6.28. The Kier molecular flexibility index (Phi) is 5.20. The average molecular weight is 388 g/mol. The van der Waals surface area contributed by atoms with E-state index in [1.807, 2.05) is 0 Å². The molecule has 1 atom stereocenters. The van der Waals surface area contributed by atoms with E-state index in [-0.39, 0.29) is 29.6 Å². The Hall–Kier alpha value is -2.28. The van der Waals surface area contributed by atoms with Crippen molar-refractivity contribution >= 4 is 23.6 Å². The van der Waals surface area contributed by atoms with Crippen LogP contribution in [0.15, 0.2) is 46.1 Å². The van der Waals surface area contributed by atoms with Crippen LogP contribution in [-0.2, 0) is 4.79 Å². The van der Waals surface area contributed by atoms with Crippen LogP contribution in [0.25, 0.3) is 0 Å². The molecule has 0 bridgehead atoms. The minimum Gasteiger partial charge on any atom is -0.472 e. The number of furan rings is 1. The Morgan fingerprint density at radius 1 is 1.19 bits per heavy atom. The smallest absolute Gasteiger partial charge is 0.257 e. The molecule has 2 aliphatic heterocycles. The first-order valence-electron chi connectivity index (χ1n) is 9.16. The first-order valence-corrected chi connectivity index (χ1v) is 10.1. The molecular formula is C20H21FN2O3S. The van der Waals surface area contributed by atoms with E-state index < -0.39 is 0 Å². The molecule has 5 nitrogen and oxygen atoms in total. The zero-order valence-corrected chi connectivity index (χ0v) is 15.6. The number of thioether (sulfide) groups is 1. The maximum atomic E-state index is 13.6. The van der Waals surface area contributed by atoms with E-state index >= 15 is 0 Å². The summed E-state index contributed by atoms with van der Waals surface area (Å²) in [5.74, 6) is 0.446. The highest BCUT2D eigenvalue weighted by atomic mass is 32.2. The lowest BCUT2D eigenvalue weighted by Gasteiger charge is -2.33. The number of carbonyl (C=O) groups is 2. The Morgan fingerprint density at radius 3 is 2.74 bits per heavy atom. The van der Waals surface area contributed by atoms with Gasteiger partial charge in [0.05, 0.1) is 17.9 Å². The molecule has 0 radical (unpaired) electrons. The molecule has 1 saturated heterocycles. The Labute approximate surface area is 161 Å². The van der Waals surface area contributed by atoms with Gasteiger partial charge in [-0.05, 0) is 49.1 Å². The first kappa shape index (κ1) is 18.1. The molecule has 0 saturated carbocycles. The molecule has 27 heavy (non-hydrogen) atoms. The molecule has 7 heteroatoms. The second kappa shape index (κ2) is 7.76. The summed E-state index contributed by atoms with van der Waals surface area (Å²) in [6.07, 6.45) is 4.99. The number of likely N-dealkylation sites (tertiary alicyclic amines) is 1. The lowest BCUT2D eigenvalue weighted by atomic mass is 9.94. The summed E-state index contributed by atoms with van der Waals surface area (Å²) in [5.41, 5.74) is 1.41. The zero-order valence-electron chi connectivity index (χ0n) is 14.8. The number of rotatable bonds is 3. The summed E-state index contributed by atoms with van der Waals surface area (Å²) in [7, 11) is 0. The van der Waals surface area contributed by atoms with Crippen molar-refractivity contribution in [2.75, 3.05) is 18.8 Å². The van der Waals surface area contributed by atoms with Crippen molar-refractivity contribution in [2.45, 2.75) is 30.2 Å². The van der Waals surface area contributed by atoms with E-state index in [9.17, 15) is 14.0 Å². The molecule has 142 valence electrons. The van der Waals surface area contributed by atoms with Crippen molar-refractivity contribution in [3.05, 3.63) is 53.7 Å². The monoisotopic (exact) mass is 388 g/mol. The fourth-order valence-corrected chi connectivity index (χ4v) is 4.82. The second-order valence-corrected chi connectivity index (χ2v) is 8.10. The van der Waals surface area contributed by atoms with Gasteiger partial charge < -0.3 is 14.6 Å². The van der Waals surface area contributed by atoms with E-state index in [2.05, 4.69) is 5.32 Å². The van der Waals surface area contributed by atoms with Crippen LogP contribution in [0.1, 0.15) is 41.2 Å². The number of hydrogen-bond donors (Lipinski definition) is 1. The van der Waals surface area contributed by atoms with E-state index in [0.717, 1.165) is 22.6 Å². The normalized spacial score (nSPS) is 20.2. The van der Waals surface area contributed by atoms with Gasteiger partial charge in [0.2, 0.25) is 5.91 Å². The molecule has 1 aromatic heterocycles. The summed E-state index contributed by atoms with van der Waals surface area (Å²) in [4.78, 5) is 27.9. The van der Waals surface area contributed by atoms with Gasteiger partial charge in [0.25, 0.3) is 5.91 Å². The fraction of sp³-hybridized carbons (Fsp3) is 0.400. The molecule has 3 heterocycles. The fourth-order valence-electron chi connectivity index (χ4n) is 3.72. The summed E-state index contributed by atoms with van der Waals surface area (Å²) < 4.78 is 18.6. The predicted octanol–water partition coefficient (Wildman–Crippen LogP) is 3.62. The van der Waals surface area contributed by atoms with Gasteiger partial charge in [0.15, 0.2) is 0 Å². The maximum Gasteiger partial charge on any atom is 0.257 e. The third kappa shape index (κ3) is 3.88. The molecule has 1 N–H and O–H groups in total. The number of halogens is 1. The molecule has 2 aliphatic rings. The van der Waals surface area contributed by atoms with Crippen molar-refractivity contribution in [3.8, 4) is 0 Å². The van der Waals surface area contributed by atoms with Crippen LogP contribution < -0.4 is 5.32 Å². The Bertz CT molecular complexity index is 832. The number of fused-ring (bicyclic) bond motifs is 1. The molecule has 0 spiro atoms. The van der Waals surface area contributed by atoms with Crippen LogP contribution in [0.2, 0.25) is 0 Å². The molecule has 2 amide bonds. The van der Waals surface area contributed by atoms with Crippen molar-refractivity contribution < 1.29 is 18.4 Å². The summed E-state index contributed by atoms with van der Waals surface area (Å²) in [6.45, 7) is 1.10. The van der Waals surface area contributed by atoms with Crippen LogP contribution in [-0.4, -0.2) is 35.6 Å². The lowest BCUT2D eigenvalue weighted by molar-refractivity contribution is -0.127. The number of benzene rings is 1. The van der Waals surface area contributed by atoms with E-state index in [1.165, 1.54) is 24.7 Å². The third-order valence-corrected chi connectivity index (χ3v) is 6.37. The van der Waals surface area contributed by atoms with Crippen molar-refractivity contribution in [1.29, 1.82) is 0 Å². The number of hydrogen-bond acceptors (Lipinski definition) is 4. The lowest BCUT2D eigenvalue weighted by Crippen LogP contribution is -2.44. The largest absolute Gasteiger partial charge is 0.472 e. The number of nitrogens with zero attached hydrogens (tertiary/aromatic N) is 1. The van der Waals surface area contributed by atoms with E-state index in [0.29, 0.717) is 31.5 Å². The van der Waals surface area contributed by atoms with E-state index in [1.54, 1.807) is 28.8 Å². The van der Waals surface area contributed by atoms with Crippen LogP contribution >= 0.6 is 11.8 Å². The molecule has 4 rings (SSSR count). The Morgan fingerprint density at radius 2 is 2.00 bits per heavy atom. The molecule has 1 fully saturated rings. The molecule has 1 aromatic carbocycles. The van der Waals surface area contributed by atoms with Crippen molar-refractivity contribution in [1.82, 2.24) is 10.2 Å². The van der Waals surface area contributed by atoms with Gasteiger partial charge in [0.1, 0.15) is 12.1 Å². The quantitative estimate of drug-likeness (QED) is 0.872. The summed E-state index contributed by atoms with van der Waals surface area (Å²) in [5, 5.41) is 3.11. The SMILES string of the molecule is O=C(NC1CCSc2ccc(F)cc21)C1CCN(C(=O)c2ccoc2)CC1. The second-order valence-electron chi connectivity index (χ2n) is 6.96. The minimum absolute atomic E-state index is 0.00230. The molecular weight excluding hydrogens is 367 g/mol. The number of piperidine rings is 1. The highest BCUT2D eigenvalue weighted by Crippen LogP contribution is 2.36. The van der Waals surface area contributed by atoms with Gasteiger partial charge in [0, 0.05) is 29.7 Å². The predicted molar refractivity (Wildman–Crippen MR) is 100.0 cm³/mol. The van der Waals surface area contributed by atoms with Gasteiger partial charge in [-0.15, -0.1) is 11.8 Å². The van der Waals surface area contributed by atoms with Crippen molar-refractivity contribution in [3.63, 3.8) is 0 Å². The highest BCUT2D eigenvalue weighted by Gasteiger charge is 2.30. The van der Waals surface area contributed by atoms with Crippen LogP contribution in [0.4, 0.5) is 4.39 Å². The van der Waals surface area contributed by atoms with Gasteiger partial charge in [-0.25, -0.2) is 4.39 Å². The number of nitrogens with one attached hydrogen (secondary N) is 1. The molecule has 2 aromatic rings. The number of carbonyl (C=O) groups excluding carboxylic acids is 2. The maximum absolute atomic E-state index is 13.6. The standard InChI is InChI=1S/C20H21FN2O3S/c21-15-1-2-18-16(11-15)17(6-10-27-18)22-19(24)13-3-7-23(8-4-13)20(25)14-5-9-26-12-14/h1-2,5,9,11-13,17H,3-4,6-8,10H2,(H,22,24). The van der Waals surface area contributed by atoms with Crippen LogP contribution in [0.3, 0.4) is 0 Å². The first-order chi connectivity index (χ1) is 13.1. The molecule has 1 unspecified atom stereocenters. The zero-order chi connectivity index (χ0) is 18.8. The average Bonchev–Trinajstić information content (AvgIpc) is 3.23.